The predicted octanol–water partition coefficient (Wildman–Crippen LogP) is 2.26. The van der Waals surface area contributed by atoms with Gasteiger partial charge in [0.1, 0.15) is 0 Å². The van der Waals surface area contributed by atoms with Crippen LogP contribution in [0.4, 0.5) is 0 Å². The van der Waals surface area contributed by atoms with E-state index in [4.69, 9.17) is 28.3 Å². The summed E-state index contributed by atoms with van der Waals surface area (Å²) in [7, 11) is 0. The number of rotatable bonds is 5. The van der Waals surface area contributed by atoms with Crippen molar-refractivity contribution in [1.82, 2.24) is 20.2 Å². The van der Waals surface area contributed by atoms with Crippen LogP contribution >= 0.6 is 35.0 Å². The van der Waals surface area contributed by atoms with Crippen LogP contribution in [0.2, 0.25) is 10.0 Å². The summed E-state index contributed by atoms with van der Waals surface area (Å²) in [6, 6.07) is 5.37. The van der Waals surface area contributed by atoms with Crippen LogP contribution in [0.3, 0.4) is 0 Å². The lowest BCUT2D eigenvalue weighted by molar-refractivity contribution is 0.262. The maximum atomic E-state index is 8.86. The fourth-order valence-corrected chi connectivity index (χ4v) is 2.78. The molecule has 96 valence electrons. The smallest absolute Gasteiger partial charge is 0.209 e. The molecule has 0 amide bonds. The van der Waals surface area contributed by atoms with E-state index in [1.54, 1.807) is 16.8 Å². The van der Waals surface area contributed by atoms with Crippen LogP contribution in [-0.4, -0.2) is 31.9 Å². The Morgan fingerprint density at radius 1 is 1.33 bits per heavy atom. The van der Waals surface area contributed by atoms with Crippen LogP contribution < -0.4 is 0 Å². The molecule has 2 rings (SSSR count). The van der Waals surface area contributed by atoms with Gasteiger partial charge >= 0.3 is 0 Å². The zero-order valence-electron chi connectivity index (χ0n) is 9.25. The van der Waals surface area contributed by atoms with Crippen molar-refractivity contribution in [3.8, 4) is 0 Å². The van der Waals surface area contributed by atoms with Gasteiger partial charge in [-0.1, -0.05) is 41.0 Å². The lowest BCUT2D eigenvalue weighted by Crippen LogP contribution is -2.05. The molecule has 5 nitrogen and oxygen atoms in total. The van der Waals surface area contributed by atoms with Crippen molar-refractivity contribution in [3.63, 3.8) is 0 Å². The van der Waals surface area contributed by atoms with Crippen LogP contribution in [0, 0.1) is 0 Å². The first-order valence-corrected chi connectivity index (χ1v) is 6.88. The van der Waals surface area contributed by atoms with Crippen molar-refractivity contribution < 1.29 is 5.11 Å². The number of hydrogen-bond acceptors (Lipinski definition) is 5. The molecule has 1 heterocycles. The number of halogens is 2. The summed E-state index contributed by atoms with van der Waals surface area (Å²) < 4.78 is 1.55. The largest absolute Gasteiger partial charge is 0.394 e. The molecule has 0 saturated carbocycles. The fraction of sp³-hybridized carbons (Fsp3) is 0.300. The molecule has 0 fully saturated rings. The van der Waals surface area contributed by atoms with Crippen LogP contribution in [0.5, 0.6) is 0 Å². The van der Waals surface area contributed by atoms with Gasteiger partial charge in [0.05, 0.1) is 13.2 Å². The summed E-state index contributed by atoms with van der Waals surface area (Å²) in [6.07, 6.45) is 0. The third-order valence-electron chi connectivity index (χ3n) is 2.18. The average Bonchev–Trinajstić information content (AvgIpc) is 2.76. The molecule has 1 aromatic heterocycles. The molecule has 1 N–H and O–H groups in total. The summed E-state index contributed by atoms with van der Waals surface area (Å²) >= 11 is 13.4. The van der Waals surface area contributed by atoms with Gasteiger partial charge in [0.15, 0.2) is 0 Å². The topological polar surface area (TPSA) is 63.8 Å². The molecular weight excluding hydrogens is 295 g/mol. The van der Waals surface area contributed by atoms with Gasteiger partial charge in [0.2, 0.25) is 5.16 Å². The van der Waals surface area contributed by atoms with Crippen LogP contribution in [0.1, 0.15) is 5.56 Å². The van der Waals surface area contributed by atoms with Gasteiger partial charge in [-0.2, -0.15) is 0 Å². The predicted molar refractivity (Wildman–Crippen MR) is 70.9 cm³/mol. The second-order valence-electron chi connectivity index (χ2n) is 3.43. The minimum absolute atomic E-state index is 0.000299. The summed E-state index contributed by atoms with van der Waals surface area (Å²) in [5.74, 6) is 0.641. The lowest BCUT2D eigenvalue weighted by Gasteiger charge is -2.04. The van der Waals surface area contributed by atoms with Crippen LogP contribution in [-0.2, 0) is 12.3 Å². The SMILES string of the molecule is OCCn1nnnc1SCc1ccc(Cl)cc1Cl. The molecule has 0 unspecified atom stereocenters. The van der Waals surface area contributed by atoms with Crippen molar-refractivity contribution in [1.29, 1.82) is 0 Å². The molecule has 0 aliphatic carbocycles. The Hall–Kier alpha value is -0.820. The maximum absolute atomic E-state index is 8.86. The molecular formula is C10H10Cl2N4OS. The third-order valence-corrected chi connectivity index (χ3v) is 3.78. The monoisotopic (exact) mass is 304 g/mol. The molecule has 1 aromatic carbocycles. The Labute approximate surface area is 118 Å². The van der Waals surface area contributed by atoms with Gasteiger partial charge in [-0.15, -0.1) is 5.10 Å². The first-order chi connectivity index (χ1) is 8.70. The van der Waals surface area contributed by atoms with E-state index < -0.39 is 0 Å². The van der Waals surface area contributed by atoms with E-state index in [1.807, 2.05) is 6.07 Å². The number of tetrazole rings is 1. The average molecular weight is 305 g/mol. The minimum Gasteiger partial charge on any atom is -0.394 e. The highest BCUT2D eigenvalue weighted by Gasteiger charge is 2.08. The van der Waals surface area contributed by atoms with Crippen molar-refractivity contribution in [2.45, 2.75) is 17.5 Å². The highest BCUT2D eigenvalue weighted by atomic mass is 35.5. The van der Waals surface area contributed by atoms with E-state index in [9.17, 15) is 0 Å². The first-order valence-electron chi connectivity index (χ1n) is 5.14. The molecule has 0 bridgehead atoms. The molecule has 0 radical (unpaired) electrons. The Morgan fingerprint density at radius 2 is 2.17 bits per heavy atom. The quantitative estimate of drug-likeness (QED) is 0.859. The van der Waals surface area contributed by atoms with Gasteiger partial charge in [-0.05, 0) is 28.1 Å². The first kappa shape index (κ1) is 13.6. The Bertz CT molecular complexity index is 534. The standard InChI is InChI=1S/C10H10Cl2N4OS/c11-8-2-1-7(9(12)5-8)6-18-10-13-14-15-16(10)3-4-17/h1-2,5,17H,3-4,6H2. The van der Waals surface area contributed by atoms with Crippen molar-refractivity contribution in [2.24, 2.45) is 0 Å². The molecule has 0 atom stereocenters. The number of hydrogen-bond donors (Lipinski definition) is 1. The highest BCUT2D eigenvalue weighted by molar-refractivity contribution is 7.98. The number of aromatic nitrogens is 4. The van der Waals surface area contributed by atoms with Gasteiger partial charge in [-0.3, -0.25) is 0 Å². The number of aliphatic hydroxyl groups excluding tert-OH is 1. The zero-order chi connectivity index (χ0) is 13.0. The normalized spacial score (nSPS) is 10.8. The fourth-order valence-electron chi connectivity index (χ4n) is 1.32. The number of nitrogens with zero attached hydrogens (tertiary/aromatic N) is 4. The van der Waals surface area contributed by atoms with Gasteiger partial charge < -0.3 is 5.11 Å². The second kappa shape index (κ2) is 6.38. The summed E-state index contributed by atoms with van der Waals surface area (Å²) in [5, 5.41) is 22.0. The van der Waals surface area contributed by atoms with E-state index in [0.717, 1.165) is 5.56 Å². The van der Waals surface area contributed by atoms with Crippen molar-refractivity contribution >= 4 is 35.0 Å². The van der Waals surface area contributed by atoms with E-state index in [0.29, 0.717) is 27.5 Å². The van der Waals surface area contributed by atoms with E-state index in [1.165, 1.54) is 11.8 Å². The van der Waals surface area contributed by atoms with E-state index >= 15 is 0 Å². The van der Waals surface area contributed by atoms with Crippen LogP contribution in [0.15, 0.2) is 23.4 Å². The van der Waals surface area contributed by atoms with Crippen molar-refractivity contribution in [3.05, 3.63) is 33.8 Å². The highest BCUT2D eigenvalue weighted by Crippen LogP contribution is 2.27. The van der Waals surface area contributed by atoms with Gasteiger partial charge in [-0.25, -0.2) is 4.68 Å². The van der Waals surface area contributed by atoms with Crippen molar-refractivity contribution in [2.75, 3.05) is 6.61 Å². The molecule has 0 saturated heterocycles. The zero-order valence-corrected chi connectivity index (χ0v) is 11.6. The summed E-state index contributed by atoms with van der Waals surface area (Å²) in [5.41, 5.74) is 0.963. The van der Waals surface area contributed by atoms with Crippen LogP contribution in [0.25, 0.3) is 0 Å². The molecule has 8 heteroatoms. The Kier molecular flexibility index (Phi) is 4.82. The van der Waals surface area contributed by atoms with Gasteiger partial charge in [0, 0.05) is 15.8 Å². The van der Waals surface area contributed by atoms with E-state index in [-0.39, 0.29) is 6.61 Å². The number of aliphatic hydroxyl groups is 1. The molecule has 2 aromatic rings. The number of benzene rings is 1. The lowest BCUT2D eigenvalue weighted by atomic mass is 10.2. The number of thioether (sulfide) groups is 1. The molecule has 0 aliphatic rings. The van der Waals surface area contributed by atoms with Gasteiger partial charge in [0.25, 0.3) is 0 Å². The maximum Gasteiger partial charge on any atom is 0.209 e. The molecule has 18 heavy (non-hydrogen) atoms. The summed E-state index contributed by atoms with van der Waals surface area (Å²) in [6.45, 7) is 0.379. The Morgan fingerprint density at radius 3 is 2.89 bits per heavy atom. The summed E-state index contributed by atoms with van der Waals surface area (Å²) in [4.78, 5) is 0. The minimum atomic E-state index is 0.000299. The van der Waals surface area contributed by atoms with E-state index in [2.05, 4.69) is 15.5 Å². The molecule has 0 aliphatic heterocycles. The third kappa shape index (κ3) is 3.35. The Balaban J connectivity index is 2.04. The molecule has 0 spiro atoms. The second-order valence-corrected chi connectivity index (χ2v) is 5.22.